The number of aryl methyl sites for hydroxylation is 1. The number of aromatic nitrogens is 2. The van der Waals surface area contributed by atoms with Crippen molar-refractivity contribution in [2.75, 3.05) is 25.5 Å². The number of nitrogens with one attached hydrogen (secondary N) is 1. The zero-order valence-electron chi connectivity index (χ0n) is 21.4. The van der Waals surface area contributed by atoms with E-state index < -0.39 is 0 Å². The first-order chi connectivity index (χ1) is 18.3. The van der Waals surface area contributed by atoms with Crippen LogP contribution in [0, 0.1) is 18.7 Å². The Balaban J connectivity index is 1.28. The molecule has 0 spiro atoms. The van der Waals surface area contributed by atoms with Gasteiger partial charge in [-0.2, -0.15) is 0 Å². The smallest absolute Gasteiger partial charge is 0.274 e. The number of para-hydroxylation sites is 1. The number of likely N-dealkylation sites (tertiary alicyclic amines) is 1. The van der Waals surface area contributed by atoms with Gasteiger partial charge in [0.05, 0.1) is 16.5 Å². The molecule has 0 radical (unpaired) electrons. The van der Waals surface area contributed by atoms with Crippen LogP contribution in [0.3, 0.4) is 0 Å². The third kappa shape index (κ3) is 4.22. The number of piperidine rings is 1. The van der Waals surface area contributed by atoms with E-state index in [1.807, 2.05) is 23.9 Å². The van der Waals surface area contributed by atoms with Crippen molar-refractivity contribution < 1.29 is 18.4 Å². The molecule has 2 aromatic heterocycles. The summed E-state index contributed by atoms with van der Waals surface area (Å²) in [7, 11) is 3.74. The van der Waals surface area contributed by atoms with Crippen LogP contribution in [0.1, 0.15) is 46.0 Å². The monoisotopic (exact) mass is 533 g/mol. The minimum atomic E-state index is -0.362. The predicted molar refractivity (Wildman–Crippen MR) is 144 cm³/mol. The number of rotatable bonds is 6. The van der Waals surface area contributed by atoms with Crippen molar-refractivity contribution in [2.45, 2.75) is 38.3 Å². The summed E-state index contributed by atoms with van der Waals surface area (Å²) in [5.41, 5.74) is 2.50. The van der Waals surface area contributed by atoms with Crippen LogP contribution in [0.2, 0.25) is 0 Å². The summed E-state index contributed by atoms with van der Waals surface area (Å²) < 4.78 is 19.7. The lowest BCUT2D eigenvalue weighted by Gasteiger charge is -2.35. The average Bonchev–Trinajstić information content (AvgIpc) is 3.68. The molecule has 1 aliphatic heterocycles. The van der Waals surface area contributed by atoms with Gasteiger partial charge in [-0.05, 0) is 55.0 Å². The molecule has 3 atom stereocenters. The molecule has 6 rings (SSSR count). The summed E-state index contributed by atoms with van der Waals surface area (Å²) in [4.78, 5) is 40.7. The van der Waals surface area contributed by atoms with Crippen LogP contribution in [-0.4, -0.2) is 59.4 Å². The normalized spacial score (nSPS) is 20.3. The van der Waals surface area contributed by atoms with Crippen LogP contribution in [0.15, 0.2) is 46.9 Å². The molecule has 196 valence electrons. The Morgan fingerprint density at radius 2 is 2.00 bits per heavy atom. The maximum Gasteiger partial charge on any atom is 0.274 e. The number of hydrogen-bond donors (Lipinski definition) is 1. The molecule has 1 aliphatic carbocycles. The molecule has 2 amide bonds. The quantitative estimate of drug-likeness (QED) is 0.380. The first-order valence-corrected chi connectivity index (χ1v) is 13.5. The Labute approximate surface area is 223 Å². The van der Waals surface area contributed by atoms with Crippen molar-refractivity contribution in [3.8, 4) is 10.4 Å². The summed E-state index contributed by atoms with van der Waals surface area (Å²) >= 11 is 1.37. The summed E-state index contributed by atoms with van der Waals surface area (Å²) in [5, 5.41) is 3.73. The zero-order valence-corrected chi connectivity index (χ0v) is 22.2. The molecule has 8 nitrogen and oxygen atoms in total. The van der Waals surface area contributed by atoms with Gasteiger partial charge in [0.1, 0.15) is 17.0 Å². The van der Waals surface area contributed by atoms with E-state index in [1.54, 1.807) is 37.3 Å². The van der Waals surface area contributed by atoms with Crippen molar-refractivity contribution >= 4 is 39.4 Å². The van der Waals surface area contributed by atoms with E-state index >= 15 is 0 Å². The predicted octanol–water partition coefficient (Wildman–Crippen LogP) is 4.89. The minimum absolute atomic E-state index is 0.0980. The van der Waals surface area contributed by atoms with E-state index in [4.69, 9.17) is 4.42 Å². The van der Waals surface area contributed by atoms with Gasteiger partial charge in [0.25, 0.3) is 11.8 Å². The fraction of sp³-hybridized carbons (Fsp3) is 0.357. The Hall–Kier alpha value is -3.79. The van der Waals surface area contributed by atoms with E-state index in [0.717, 1.165) is 19.3 Å². The molecule has 0 unspecified atom stereocenters. The SMILES string of the molecule is Cc1nc2c(C(=O)NC[C@@H]3[C@H]4CC[C@H](C4)N3C(=O)c3nc(N(C)C)sc3-c3cccc(F)c3)cccc2o1. The Kier molecular flexibility index (Phi) is 6.14. The highest BCUT2D eigenvalue weighted by atomic mass is 32.1. The lowest BCUT2D eigenvalue weighted by molar-refractivity contribution is 0.0577. The summed E-state index contributed by atoms with van der Waals surface area (Å²) in [6.45, 7) is 2.08. The molecule has 2 fully saturated rings. The van der Waals surface area contributed by atoms with Gasteiger partial charge < -0.3 is 19.5 Å². The number of hydrogen-bond acceptors (Lipinski definition) is 7. The third-order valence-electron chi connectivity index (χ3n) is 7.50. The molecular formula is C28H28FN5O3S. The highest BCUT2D eigenvalue weighted by Gasteiger charge is 2.49. The fourth-order valence-corrected chi connectivity index (χ4v) is 6.78. The number of anilines is 1. The Morgan fingerprint density at radius 3 is 2.79 bits per heavy atom. The number of benzene rings is 2. The number of fused-ring (bicyclic) bond motifs is 3. The number of oxazole rings is 1. The van der Waals surface area contributed by atoms with Gasteiger partial charge >= 0.3 is 0 Å². The van der Waals surface area contributed by atoms with Gasteiger partial charge in [-0.3, -0.25) is 9.59 Å². The van der Waals surface area contributed by atoms with E-state index in [1.165, 1.54) is 23.5 Å². The van der Waals surface area contributed by atoms with Crippen molar-refractivity contribution in [1.82, 2.24) is 20.2 Å². The molecule has 2 aromatic carbocycles. The van der Waals surface area contributed by atoms with Crippen molar-refractivity contribution in [3.63, 3.8) is 0 Å². The van der Waals surface area contributed by atoms with Crippen molar-refractivity contribution in [2.24, 2.45) is 5.92 Å². The molecule has 10 heteroatoms. The van der Waals surface area contributed by atoms with E-state index in [-0.39, 0.29) is 29.7 Å². The zero-order chi connectivity index (χ0) is 26.6. The molecule has 2 aliphatic rings. The van der Waals surface area contributed by atoms with Crippen molar-refractivity contribution in [3.05, 3.63) is 65.4 Å². The molecule has 1 N–H and O–H groups in total. The summed E-state index contributed by atoms with van der Waals surface area (Å²) in [5.74, 6) is 0.0229. The minimum Gasteiger partial charge on any atom is -0.441 e. The Morgan fingerprint density at radius 1 is 1.18 bits per heavy atom. The summed E-state index contributed by atoms with van der Waals surface area (Å²) in [6, 6.07) is 11.5. The van der Waals surface area contributed by atoms with Gasteiger partial charge in [0.15, 0.2) is 16.6 Å². The molecule has 3 heterocycles. The number of carbonyl (C=O) groups is 2. The second kappa shape index (κ2) is 9.50. The van der Waals surface area contributed by atoms with Crippen LogP contribution in [0.25, 0.3) is 21.5 Å². The maximum absolute atomic E-state index is 14.1. The number of carbonyl (C=O) groups excluding carboxylic acids is 2. The van der Waals surface area contributed by atoms with Crippen molar-refractivity contribution in [1.29, 1.82) is 0 Å². The number of halogens is 1. The first kappa shape index (κ1) is 24.5. The van der Waals surface area contributed by atoms with Gasteiger partial charge in [0.2, 0.25) is 0 Å². The number of amides is 2. The van der Waals surface area contributed by atoms with Gasteiger partial charge in [-0.1, -0.05) is 29.5 Å². The van der Waals surface area contributed by atoms with E-state index in [0.29, 0.717) is 56.3 Å². The lowest BCUT2D eigenvalue weighted by atomic mass is 9.98. The Bertz CT molecular complexity index is 1550. The standard InChI is InChI=1S/C28H28FN5O3S/c1-15-31-23-20(8-5-9-22(23)37-15)26(35)30-14-21-16-10-11-19(13-16)34(21)27(36)24-25(38-28(32-24)33(2)3)17-6-4-7-18(29)12-17/h4-9,12,16,19,21H,10-11,13-14H2,1-3H3,(H,30,35)/t16-,19+,21+/m0/s1. The average molecular weight is 534 g/mol. The molecule has 2 bridgehead atoms. The molecular weight excluding hydrogens is 505 g/mol. The molecule has 38 heavy (non-hydrogen) atoms. The molecule has 1 saturated heterocycles. The van der Waals surface area contributed by atoms with Gasteiger partial charge in [0, 0.05) is 33.6 Å². The van der Waals surface area contributed by atoms with Crippen LogP contribution >= 0.6 is 11.3 Å². The van der Waals surface area contributed by atoms with Gasteiger partial charge in [-0.15, -0.1) is 0 Å². The third-order valence-corrected chi connectivity index (χ3v) is 8.78. The second-order valence-electron chi connectivity index (χ2n) is 10.2. The number of nitrogens with zero attached hydrogens (tertiary/aromatic N) is 4. The first-order valence-electron chi connectivity index (χ1n) is 12.7. The van der Waals surface area contributed by atoms with E-state index in [2.05, 4.69) is 15.3 Å². The van der Waals surface area contributed by atoms with E-state index in [9.17, 15) is 14.0 Å². The molecule has 4 aromatic rings. The van der Waals surface area contributed by atoms with Crippen LogP contribution in [0.4, 0.5) is 9.52 Å². The van der Waals surface area contributed by atoms with Gasteiger partial charge in [-0.25, -0.2) is 14.4 Å². The fourth-order valence-electron chi connectivity index (χ4n) is 5.80. The summed E-state index contributed by atoms with van der Waals surface area (Å²) in [6.07, 6.45) is 2.85. The van der Waals surface area contributed by atoms with Crippen LogP contribution in [0.5, 0.6) is 0 Å². The van der Waals surface area contributed by atoms with Crippen LogP contribution < -0.4 is 10.2 Å². The second-order valence-corrected chi connectivity index (χ2v) is 11.2. The number of thiazole rings is 1. The highest BCUT2D eigenvalue weighted by molar-refractivity contribution is 7.19. The maximum atomic E-state index is 14.1. The largest absolute Gasteiger partial charge is 0.441 e. The highest BCUT2D eigenvalue weighted by Crippen LogP contribution is 2.44. The van der Waals surface area contributed by atoms with Crippen LogP contribution in [-0.2, 0) is 0 Å². The topological polar surface area (TPSA) is 91.6 Å². The lowest BCUT2D eigenvalue weighted by Crippen LogP contribution is -2.50. The molecule has 1 saturated carbocycles.